The predicted molar refractivity (Wildman–Crippen MR) is 73.4 cm³/mol. The third-order valence-electron chi connectivity index (χ3n) is 3.67. The minimum Gasteiger partial charge on any atom is -0.320 e. The molecule has 0 bridgehead atoms. The molecule has 1 aliphatic rings. The topological polar surface area (TPSA) is 45.8 Å². The highest BCUT2D eigenvalue weighted by Crippen LogP contribution is 2.29. The van der Waals surface area contributed by atoms with Gasteiger partial charge in [-0.05, 0) is 42.9 Å². The van der Waals surface area contributed by atoms with Crippen LogP contribution in [-0.2, 0) is 0 Å². The molecule has 0 aliphatic heterocycles. The number of hydrogen-bond donors (Lipinski definition) is 1. The number of H-pyrrole nitrogens is 1. The predicted octanol–water partition coefficient (Wildman–Crippen LogP) is 3.13. The molecule has 0 unspecified atom stereocenters. The van der Waals surface area contributed by atoms with Gasteiger partial charge in [0.15, 0.2) is 0 Å². The molecule has 2 aromatic rings. The van der Waals surface area contributed by atoms with Crippen LogP contribution in [0.3, 0.4) is 0 Å². The number of pyridine rings is 2. The summed E-state index contributed by atoms with van der Waals surface area (Å²) < 4.78 is 0. The fourth-order valence-corrected chi connectivity index (χ4v) is 2.49. The van der Waals surface area contributed by atoms with Gasteiger partial charge in [-0.2, -0.15) is 0 Å². The zero-order chi connectivity index (χ0) is 12.5. The van der Waals surface area contributed by atoms with E-state index in [0.717, 1.165) is 35.2 Å². The zero-order valence-corrected chi connectivity index (χ0v) is 10.4. The SMILES string of the molecule is C[C@@H]1CC=C(c2cc3ccncc3[nH]c2=O)CC1. The van der Waals surface area contributed by atoms with Crippen molar-refractivity contribution in [1.29, 1.82) is 0 Å². The van der Waals surface area contributed by atoms with Gasteiger partial charge >= 0.3 is 0 Å². The molecule has 0 fully saturated rings. The van der Waals surface area contributed by atoms with Crippen LogP contribution in [0.5, 0.6) is 0 Å². The van der Waals surface area contributed by atoms with Crippen molar-refractivity contribution >= 4 is 16.5 Å². The quantitative estimate of drug-likeness (QED) is 0.832. The van der Waals surface area contributed by atoms with Gasteiger partial charge in [-0.15, -0.1) is 0 Å². The molecule has 1 N–H and O–H groups in total. The molecule has 3 rings (SSSR count). The second kappa shape index (κ2) is 4.41. The highest BCUT2D eigenvalue weighted by Gasteiger charge is 2.14. The van der Waals surface area contributed by atoms with Gasteiger partial charge in [-0.25, -0.2) is 0 Å². The first-order chi connectivity index (χ1) is 8.74. The van der Waals surface area contributed by atoms with Gasteiger partial charge in [0.25, 0.3) is 5.56 Å². The maximum Gasteiger partial charge on any atom is 0.256 e. The molecular weight excluding hydrogens is 224 g/mol. The van der Waals surface area contributed by atoms with Crippen molar-refractivity contribution < 1.29 is 0 Å². The van der Waals surface area contributed by atoms with Gasteiger partial charge in [0.1, 0.15) is 0 Å². The summed E-state index contributed by atoms with van der Waals surface area (Å²) in [6, 6.07) is 3.92. The van der Waals surface area contributed by atoms with Crippen LogP contribution in [0, 0.1) is 5.92 Å². The molecule has 3 nitrogen and oxygen atoms in total. The molecule has 0 saturated heterocycles. The van der Waals surface area contributed by atoms with Crippen LogP contribution in [0.4, 0.5) is 0 Å². The van der Waals surface area contributed by atoms with Crippen LogP contribution in [0.25, 0.3) is 16.5 Å². The Hall–Kier alpha value is -1.90. The van der Waals surface area contributed by atoms with E-state index < -0.39 is 0 Å². The van der Waals surface area contributed by atoms with Crippen molar-refractivity contribution in [3.8, 4) is 0 Å². The third-order valence-corrected chi connectivity index (χ3v) is 3.67. The number of hydrogen-bond acceptors (Lipinski definition) is 2. The lowest BCUT2D eigenvalue weighted by atomic mass is 9.88. The number of rotatable bonds is 1. The standard InChI is InChI=1S/C15H16N2O/c1-10-2-4-11(5-3-10)13-8-12-6-7-16-9-14(12)17-15(13)18/h4,6-10H,2-3,5H2,1H3,(H,17,18)/t10-/m1/s1. The Morgan fingerprint density at radius 3 is 3.11 bits per heavy atom. The van der Waals surface area contributed by atoms with E-state index in [-0.39, 0.29) is 5.56 Å². The molecule has 0 radical (unpaired) electrons. The van der Waals surface area contributed by atoms with Crippen molar-refractivity contribution in [1.82, 2.24) is 9.97 Å². The molecule has 2 aromatic heterocycles. The highest BCUT2D eigenvalue weighted by molar-refractivity contribution is 5.81. The van der Waals surface area contributed by atoms with Gasteiger partial charge in [0.2, 0.25) is 0 Å². The first kappa shape index (κ1) is 11.2. The first-order valence-corrected chi connectivity index (χ1v) is 6.40. The van der Waals surface area contributed by atoms with Crippen molar-refractivity contribution in [2.75, 3.05) is 0 Å². The summed E-state index contributed by atoms with van der Waals surface area (Å²) in [7, 11) is 0. The summed E-state index contributed by atoms with van der Waals surface area (Å²) in [5.41, 5.74) is 2.81. The summed E-state index contributed by atoms with van der Waals surface area (Å²) in [5, 5.41) is 1.04. The van der Waals surface area contributed by atoms with E-state index in [1.165, 1.54) is 12.0 Å². The highest BCUT2D eigenvalue weighted by atomic mass is 16.1. The smallest absolute Gasteiger partial charge is 0.256 e. The van der Waals surface area contributed by atoms with Crippen molar-refractivity contribution in [3.63, 3.8) is 0 Å². The lowest BCUT2D eigenvalue weighted by molar-refractivity contribution is 0.533. The maximum absolute atomic E-state index is 12.1. The van der Waals surface area contributed by atoms with E-state index >= 15 is 0 Å². The lowest BCUT2D eigenvalue weighted by Gasteiger charge is -2.18. The van der Waals surface area contributed by atoms with Gasteiger partial charge < -0.3 is 4.98 Å². The van der Waals surface area contributed by atoms with Crippen LogP contribution in [0.1, 0.15) is 31.7 Å². The summed E-state index contributed by atoms with van der Waals surface area (Å²) >= 11 is 0. The fraction of sp³-hybridized carbons (Fsp3) is 0.333. The van der Waals surface area contributed by atoms with Gasteiger partial charge in [0, 0.05) is 17.1 Å². The minimum atomic E-state index is -0.00342. The van der Waals surface area contributed by atoms with E-state index in [9.17, 15) is 4.79 Å². The molecule has 0 aromatic carbocycles. The van der Waals surface area contributed by atoms with Crippen LogP contribution >= 0.6 is 0 Å². The van der Waals surface area contributed by atoms with Crippen LogP contribution in [0.15, 0.2) is 35.4 Å². The molecule has 92 valence electrons. The van der Waals surface area contributed by atoms with E-state index in [0.29, 0.717) is 0 Å². The second-order valence-electron chi connectivity index (χ2n) is 5.08. The number of nitrogens with one attached hydrogen (secondary N) is 1. The molecular formula is C15H16N2O. The molecule has 1 atom stereocenters. The van der Waals surface area contributed by atoms with Crippen LogP contribution in [0.2, 0.25) is 0 Å². The molecule has 0 amide bonds. The Kier molecular flexibility index (Phi) is 2.74. The molecule has 0 spiro atoms. The normalized spacial score (nSPS) is 19.8. The molecule has 2 heterocycles. The average Bonchev–Trinajstić information content (AvgIpc) is 2.39. The first-order valence-electron chi connectivity index (χ1n) is 6.40. The van der Waals surface area contributed by atoms with Gasteiger partial charge in [-0.1, -0.05) is 13.0 Å². The lowest BCUT2D eigenvalue weighted by Crippen LogP contribution is -2.13. The van der Waals surface area contributed by atoms with Crippen molar-refractivity contribution in [2.24, 2.45) is 5.92 Å². The minimum absolute atomic E-state index is 0.00342. The van der Waals surface area contributed by atoms with E-state index in [2.05, 4.69) is 23.0 Å². The summed E-state index contributed by atoms with van der Waals surface area (Å²) in [6.45, 7) is 2.25. The van der Waals surface area contributed by atoms with E-state index in [4.69, 9.17) is 0 Å². The number of allylic oxidation sites excluding steroid dienone is 2. The molecule has 18 heavy (non-hydrogen) atoms. The van der Waals surface area contributed by atoms with Crippen LogP contribution in [-0.4, -0.2) is 9.97 Å². The Morgan fingerprint density at radius 2 is 2.33 bits per heavy atom. The Bertz CT molecular complexity index is 669. The largest absolute Gasteiger partial charge is 0.320 e. The molecule has 1 aliphatic carbocycles. The van der Waals surface area contributed by atoms with Crippen LogP contribution < -0.4 is 5.56 Å². The number of nitrogens with zero attached hydrogens (tertiary/aromatic N) is 1. The fourth-order valence-electron chi connectivity index (χ4n) is 2.49. The summed E-state index contributed by atoms with van der Waals surface area (Å²) in [5.74, 6) is 0.734. The Labute approximate surface area is 106 Å². The zero-order valence-electron chi connectivity index (χ0n) is 10.4. The number of aromatic nitrogens is 2. The summed E-state index contributed by atoms with van der Waals surface area (Å²) in [4.78, 5) is 19.0. The van der Waals surface area contributed by atoms with Crippen molar-refractivity contribution in [3.05, 3.63) is 46.5 Å². The average molecular weight is 240 g/mol. The molecule has 0 saturated carbocycles. The van der Waals surface area contributed by atoms with E-state index in [1.807, 2.05) is 12.1 Å². The Balaban J connectivity index is 2.12. The van der Waals surface area contributed by atoms with Crippen molar-refractivity contribution in [2.45, 2.75) is 26.2 Å². The monoisotopic (exact) mass is 240 g/mol. The van der Waals surface area contributed by atoms with E-state index in [1.54, 1.807) is 12.4 Å². The number of aromatic amines is 1. The summed E-state index contributed by atoms with van der Waals surface area (Å²) in [6.07, 6.45) is 8.90. The maximum atomic E-state index is 12.1. The Morgan fingerprint density at radius 1 is 1.44 bits per heavy atom. The van der Waals surface area contributed by atoms with Gasteiger partial charge in [-0.3, -0.25) is 9.78 Å². The second-order valence-corrected chi connectivity index (χ2v) is 5.08. The number of fused-ring (bicyclic) bond motifs is 1. The van der Waals surface area contributed by atoms with Gasteiger partial charge in [0.05, 0.1) is 11.7 Å². The molecule has 3 heteroatoms. The third kappa shape index (κ3) is 1.96.